The van der Waals surface area contributed by atoms with Gasteiger partial charge < -0.3 is 14.2 Å². The molecule has 0 aliphatic carbocycles. The van der Waals surface area contributed by atoms with Crippen molar-refractivity contribution in [3.8, 4) is 11.5 Å². The Hall–Kier alpha value is -2.70. The molecule has 1 aliphatic rings. The highest BCUT2D eigenvalue weighted by Crippen LogP contribution is 2.20. The van der Waals surface area contributed by atoms with Crippen molar-refractivity contribution in [2.24, 2.45) is 0 Å². The molecule has 1 aliphatic heterocycles. The van der Waals surface area contributed by atoms with Crippen LogP contribution in [0.15, 0.2) is 59.1 Å². The molecule has 30 heavy (non-hydrogen) atoms. The molecule has 1 saturated heterocycles. The van der Waals surface area contributed by atoms with Crippen LogP contribution in [0.3, 0.4) is 0 Å². The Morgan fingerprint density at radius 1 is 1.10 bits per heavy atom. The number of amides is 1. The number of ether oxygens (including phenoxy) is 1. The van der Waals surface area contributed by atoms with Gasteiger partial charge in [-0.1, -0.05) is 53.2 Å². The Bertz CT molecular complexity index is 969. The van der Waals surface area contributed by atoms with Crippen LogP contribution in [0.25, 0.3) is 11.5 Å². The van der Waals surface area contributed by atoms with Crippen molar-refractivity contribution < 1.29 is 14.1 Å². The number of benzene rings is 2. The summed E-state index contributed by atoms with van der Waals surface area (Å²) in [5, 5.41) is 4.67. The van der Waals surface area contributed by atoms with E-state index in [1.165, 1.54) is 0 Å². The van der Waals surface area contributed by atoms with Crippen LogP contribution in [-0.4, -0.2) is 46.7 Å². The summed E-state index contributed by atoms with van der Waals surface area (Å²) in [6.07, 6.45) is 2.75. The number of carbonyl (C=O) groups excluding carboxylic acids is 1. The lowest BCUT2D eigenvalue weighted by Crippen LogP contribution is -2.41. The molecular formula is C23H24ClN3O3. The maximum atomic E-state index is 12.5. The molecule has 0 radical (unpaired) electrons. The SMILES string of the molecule is O=C(Cc1ccccc1Cl)N1CCC(OCCc2noc(-c3ccccc3)n2)CC1. The van der Waals surface area contributed by atoms with Crippen LogP contribution in [0.2, 0.25) is 5.02 Å². The van der Waals surface area contributed by atoms with E-state index in [2.05, 4.69) is 10.1 Å². The lowest BCUT2D eigenvalue weighted by atomic mass is 10.1. The molecule has 0 N–H and O–H groups in total. The average molecular weight is 426 g/mol. The Morgan fingerprint density at radius 3 is 2.60 bits per heavy atom. The molecular weight excluding hydrogens is 402 g/mol. The summed E-state index contributed by atoms with van der Waals surface area (Å²) < 4.78 is 11.3. The molecule has 0 unspecified atom stereocenters. The minimum atomic E-state index is 0.113. The fourth-order valence-corrected chi connectivity index (χ4v) is 3.76. The number of likely N-dealkylation sites (tertiary alicyclic amines) is 1. The second kappa shape index (κ2) is 9.87. The lowest BCUT2D eigenvalue weighted by molar-refractivity contribution is -0.133. The molecule has 0 bridgehead atoms. The number of carbonyl (C=O) groups is 1. The van der Waals surface area contributed by atoms with Crippen molar-refractivity contribution in [1.29, 1.82) is 0 Å². The van der Waals surface area contributed by atoms with Crippen molar-refractivity contribution in [2.75, 3.05) is 19.7 Å². The highest BCUT2D eigenvalue weighted by atomic mass is 35.5. The number of piperidine rings is 1. The monoisotopic (exact) mass is 425 g/mol. The number of nitrogens with zero attached hydrogens (tertiary/aromatic N) is 3. The summed E-state index contributed by atoms with van der Waals surface area (Å²) in [5.74, 6) is 1.28. The van der Waals surface area contributed by atoms with Crippen molar-refractivity contribution in [3.05, 3.63) is 71.0 Å². The van der Waals surface area contributed by atoms with Crippen LogP contribution in [-0.2, 0) is 22.4 Å². The molecule has 156 valence electrons. The van der Waals surface area contributed by atoms with Crippen LogP contribution in [0, 0.1) is 0 Å². The van der Waals surface area contributed by atoms with E-state index in [0.29, 0.717) is 49.3 Å². The number of hydrogen-bond donors (Lipinski definition) is 0. The van der Waals surface area contributed by atoms with Gasteiger partial charge in [-0.15, -0.1) is 0 Å². The van der Waals surface area contributed by atoms with Crippen LogP contribution in [0.5, 0.6) is 0 Å². The number of rotatable bonds is 7. The molecule has 6 nitrogen and oxygen atoms in total. The van der Waals surface area contributed by atoms with E-state index in [1.54, 1.807) is 0 Å². The third kappa shape index (κ3) is 5.26. The highest BCUT2D eigenvalue weighted by Gasteiger charge is 2.23. The largest absolute Gasteiger partial charge is 0.378 e. The predicted molar refractivity (Wildman–Crippen MR) is 114 cm³/mol. The third-order valence-electron chi connectivity index (χ3n) is 5.26. The van der Waals surface area contributed by atoms with Crippen molar-refractivity contribution in [2.45, 2.75) is 31.8 Å². The standard InChI is InChI=1S/C23H24ClN3O3/c24-20-9-5-4-8-18(20)16-22(28)27-13-10-19(11-14-27)29-15-12-21-25-23(30-26-21)17-6-2-1-3-7-17/h1-9,19H,10-16H2. The van der Waals surface area contributed by atoms with Crippen LogP contribution >= 0.6 is 11.6 Å². The Labute approximate surface area is 180 Å². The summed E-state index contributed by atoms with van der Waals surface area (Å²) >= 11 is 6.17. The first kappa shape index (κ1) is 20.6. The summed E-state index contributed by atoms with van der Waals surface area (Å²) in [6, 6.07) is 17.2. The molecule has 2 heterocycles. The highest BCUT2D eigenvalue weighted by molar-refractivity contribution is 6.31. The Morgan fingerprint density at radius 2 is 1.83 bits per heavy atom. The maximum absolute atomic E-state index is 12.5. The second-order valence-corrected chi connectivity index (χ2v) is 7.76. The van der Waals surface area contributed by atoms with Crippen LogP contribution in [0.4, 0.5) is 0 Å². The van der Waals surface area contributed by atoms with Gasteiger partial charge in [-0.25, -0.2) is 0 Å². The zero-order valence-electron chi connectivity index (χ0n) is 16.7. The van der Waals surface area contributed by atoms with Gasteiger partial charge in [0.05, 0.1) is 19.1 Å². The molecule has 1 aromatic heterocycles. The van der Waals surface area contributed by atoms with Crippen molar-refractivity contribution >= 4 is 17.5 Å². The smallest absolute Gasteiger partial charge is 0.257 e. The number of aromatic nitrogens is 2. The first-order chi connectivity index (χ1) is 14.7. The van der Waals surface area contributed by atoms with Crippen LogP contribution < -0.4 is 0 Å². The third-order valence-corrected chi connectivity index (χ3v) is 5.63. The van der Waals surface area contributed by atoms with Gasteiger partial charge in [0.25, 0.3) is 5.89 Å². The summed E-state index contributed by atoms with van der Waals surface area (Å²) in [6.45, 7) is 1.94. The Kier molecular flexibility index (Phi) is 6.77. The van der Waals surface area contributed by atoms with E-state index >= 15 is 0 Å². The van der Waals surface area contributed by atoms with Gasteiger partial charge in [-0.2, -0.15) is 4.98 Å². The van der Waals surface area contributed by atoms with Gasteiger partial charge in [0.1, 0.15) is 0 Å². The molecule has 2 aromatic carbocycles. The van der Waals surface area contributed by atoms with Crippen molar-refractivity contribution in [1.82, 2.24) is 15.0 Å². The molecule has 4 rings (SSSR count). The van der Waals surface area contributed by atoms with Gasteiger partial charge in [0.2, 0.25) is 5.91 Å². The zero-order valence-corrected chi connectivity index (χ0v) is 17.4. The van der Waals surface area contributed by atoms with E-state index in [9.17, 15) is 4.79 Å². The van der Waals surface area contributed by atoms with Gasteiger partial charge in [-0.3, -0.25) is 4.79 Å². The molecule has 0 spiro atoms. The maximum Gasteiger partial charge on any atom is 0.257 e. The van der Waals surface area contributed by atoms with Crippen molar-refractivity contribution in [3.63, 3.8) is 0 Å². The van der Waals surface area contributed by atoms with Gasteiger partial charge in [-0.05, 0) is 36.6 Å². The molecule has 1 amide bonds. The zero-order chi connectivity index (χ0) is 20.8. The summed E-state index contributed by atoms with van der Waals surface area (Å²) in [5.41, 5.74) is 1.78. The lowest BCUT2D eigenvalue weighted by Gasteiger charge is -2.32. The normalized spacial score (nSPS) is 14.8. The van der Waals surface area contributed by atoms with Gasteiger partial charge in [0, 0.05) is 30.1 Å². The number of halogens is 1. The topological polar surface area (TPSA) is 68.5 Å². The van der Waals surface area contributed by atoms with E-state index in [-0.39, 0.29) is 12.0 Å². The van der Waals surface area contributed by atoms with Crippen LogP contribution in [0.1, 0.15) is 24.2 Å². The first-order valence-corrected chi connectivity index (χ1v) is 10.6. The molecule has 0 saturated carbocycles. The minimum Gasteiger partial charge on any atom is -0.378 e. The molecule has 1 fully saturated rings. The first-order valence-electron chi connectivity index (χ1n) is 10.2. The molecule has 3 aromatic rings. The van der Waals surface area contributed by atoms with E-state index in [1.807, 2.05) is 59.5 Å². The quantitative estimate of drug-likeness (QED) is 0.568. The van der Waals surface area contributed by atoms with E-state index < -0.39 is 0 Å². The predicted octanol–water partition coefficient (Wildman–Crippen LogP) is 4.18. The molecule has 0 atom stereocenters. The summed E-state index contributed by atoms with van der Waals surface area (Å²) in [7, 11) is 0. The fraction of sp³-hybridized carbons (Fsp3) is 0.348. The second-order valence-electron chi connectivity index (χ2n) is 7.35. The number of hydrogen-bond acceptors (Lipinski definition) is 5. The Balaban J connectivity index is 1.19. The molecule has 7 heteroatoms. The minimum absolute atomic E-state index is 0.113. The van der Waals surface area contributed by atoms with Gasteiger partial charge in [0.15, 0.2) is 5.82 Å². The fourth-order valence-electron chi connectivity index (χ4n) is 3.56. The average Bonchev–Trinajstić information content (AvgIpc) is 3.25. The summed E-state index contributed by atoms with van der Waals surface area (Å²) in [4.78, 5) is 18.9. The van der Waals surface area contributed by atoms with E-state index in [4.69, 9.17) is 20.9 Å². The van der Waals surface area contributed by atoms with Gasteiger partial charge >= 0.3 is 0 Å². The van der Waals surface area contributed by atoms with E-state index in [0.717, 1.165) is 24.0 Å².